The molecule has 0 radical (unpaired) electrons. The Morgan fingerprint density at radius 1 is 1.03 bits per heavy atom. The highest BCUT2D eigenvalue weighted by atomic mass is 32.2. The topological polar surface area (TPSA) is 53.8 Å². The van der Waals surface area contributed by atoms with Gasteiger partial charge in [-0.3, -0.25) is 14.4 Å². The van der Waals surface area contributed by atoms with Gasteiger partial charge in [0.05, 0.1) is 24.9 Å². The number of hydrogen-bond acceptors (Lipinski definition) is 6. The number of alkyl halides is 1. The fourth-order valence-electron chi connectivity index (χ4n) is 5.80. The molecule has 0 N–H and O–H groups in total. The van der Waals surface area contributed by atoms with Gasteiger partial charge in [-0.25, -0.2) is 4.39 Å². The summed E-state index contributed by atoms with van der Waals surface area (Å²) in [5.41, 5.74) is 4.03. The minimum atomic E-state index is -0.621. The van der Waals surface area contributed by atoms with Crippen LogP contribution in [0, 0.1) is 0 Å². The zero-order chi connectivity index (χ0) is 23.8. The average molecular weight is 500 g/mol. The van der Waals surface area contributed by atoms with Gasteiger partial charge >= 0.3 is 0 Å². The molecule has 35 heavy (non-hydrogen) atoms. The predicted octanol–water partition coefficient (Wildman–Crippen LogP) is 3.31. The van der Waals surface area contributed by atoms with Gasteiger partial charge in [-0.05, 0) is 25.3 Å². The van der Waals surface area contributed by atoms with Crippen molar-refractivity contribution in [2.24, 2.45) is 0 Å². The molecular formula is C26H34FN5O2S. The summed E-state index contributed by atoms with van der Waals surface area (Å²) in [4.78, 5) is 21.6. The van der Waals surface area contributed by atoms with Gasteiger partial charge in [0.25, 0.3) is 5.91 Å². The molecule has 1 atom stereocenters. The number of likely N-dealkylation sites (tertiary alicyclic amines) is 2. The zero-order valence-corrected chi connectivity index (χ0v) is 21.0. The summed E-state index contributed by atoms with van der Waals surface area (Å²) >= 11 is 1.80. The molecular weight excluding hydrogens is 465 g/mol. The third-order valence-electron chi connectivity index (χ3n) is 7.87. The fourth-order valence-corrected chi connectivity index (χ4v) is 6.87. The van der Waals surface area contributed by atoms with Crippen LogP contribution in [0.1, 0.15) is 41.4 Å². The molecule has 3 fully saturated rings. The van der Waals surface area contributed by atoms with E-state index in [4.69, 9.17) is 9.84 Å². The van der Waals surface area contributed by atoms with Crippen LogP contribution in [0.2, 0.25) is 0 Å². The number of amides is 1. The van der Waals surface area contributed by atoms with Crippen LogP contribution < -0.4 is 0 Å². The summed E-state index contributed by atoms with van der Waals surface area (Å²) in [7, 11) is 0. The van der Waals surface area contributed by atoms with Crippen LogP contribution in [-0.2, 0) is 10.5 Å². The lowest BCUT2D eigenvalue weighted by Crippen LogP contribution is -2.41. The number of nitrogens with zero attached hydrogens (tertiary/aromatic N) is 5. The number of benzene rings is 1. The molecule has 6 rings (SSSR count). The Kier molecular flexibility index (Phi) is 6.84. The number of carbonyl (C=O) groups is 1. The number of halogens is 1. The normalized spacial score (nSPS) is 23.9. The molecule has 2 aromatic rings. The second-order valence-corrected chi connectivity index (χ2v) is 11.1. The second-order valence-electron chi connectivity index (χ2n) is 10.1. The molecule has 1 unspecified atom stereocenters. The van der Waals surface area contributed by atoms with Gasteiger partial charge in [0, 0.05) is 74.1 Å². The van der Waals surface area contributed by atoms with E-state index in [9.17, 15) is 9.18 Å². The number of hydrogen-bond donors (Lipinski definition) is 0. The van der Waals surface area contributed by atoms with Gasteiger partial charge in [0.2, 0.25) is 0 Å². The number of morpholine rings is 1. The SMILES string of the molecule is O=C(c1nn(C2CCN(CCN3CCC(F)CC3)C2)c2c1CSc1ccccc1-2)N1CCOCC1. The zero-order valence-electron chi connectivity index (χ0n) is 20.2. The maximum atomic E-state index is 13.5. The monoisotopic (exact) mass is 499 g/mol. The number of fused-ring (bicyclic) bond motifs is 3. The first-order chi connectivity index (χ1) is 17.2. The smallest absolute Gasteiger partial charge is 0.274 e. The van der Waals surface area contributed by atoms with Crippen LogP contribution in [0.3, 0.4) is 0 Å². The minimum absolute atomic E-state index is 0.0365. The van der Waals surface area contributed by atoms with Gasteiger partial charge in [-0.15, -0.1) is 11.8 Å². The van der Waals surface area contributed by atoms with E-state index >= 15 is 0 Å². The van der Waals surface area contributed by atoms with Crippen molar-refractivity contribution in [1.82, 2.24) is 24.5 Å². The largest absolute Gasteiger partial charge is 0.378 e. The van der Waals surface area contributed by atoms with Gasteiger partial charge in [0.1, 0.15) is 6.17 Å². The Morgan fingerprint density at radius 3 is 2.60 bits per heavy atom. The number of ether oxygens (including phenoxy) is 1. The van der Waals surface area contributed by atoms with E-state index in [-0.39, 0.29) is 11.9 Å². The third-order valence-corrected chi connectivity index (χ3v) is 8.97. The minimum Gasteiger partial charge on any atom is -0.378 e. The third kappa shape index (κ3) is 4.75. The number of thioether (sulfide) groups is 1. The molecule has 4 aliphatic heterocycles. The Balaban J connectivity index is 1.24. The molecule has 9 heteroatoms. The van der Waals surface area contributed by atoms with Crippen molar-refractivity contribution in [1.29, 1.82) is 0 Å². The molecule has 0 saturated carbocycles. The molecule has 1 aromatic carbocycles. The Bertz CT molecular complexity index is 1060. The van der Waals surface area contributed by atoms with E-state index in [0.29, 0.717) is 44.8 Å². The predicted molar refractivity (Wildman–Crippen MR) is 135 cm³/mol. The van der Waals surface area contributed by atoms with Crippen LogP contribution >= 0.6 is 11.8 Å². The van der Waals surface area contributed by atoms with Gasteiger partial charge in [0.15, 0.2) is 5.69 Å². The van der Waals surface area contributed by atoms with E-state index in [1.54, 1.807) is 11.8 Å². The van der Waals surface area contributed by atoms with E-state index in [2.05, 4.69) is 38.7 Å². The molecule has 5 heterocycles. The Labute approximate surface area is 210 Å². The molecule has 0 bridgehead atoms. The van der Waals surface area contributed by atoms with E-state index < -0.39 is 6.17 Å². The molecule has 4 aliphatic rings. The first-order valence-corrected chi connectivity index (χ1v) is 14.0. The van der Waals surface area contributed by atoms with Gasteiger partial charge < -0.3 is 14.5 Å². The maximum absolute atomic E-state index is 13.5. The highest BCUT2D eigenvalue weighted by Gasteiger charge is 2.35. The first kappa shape index (κ1) is 23.5. The Morgan fingerprint density at radius 2 is 1.77 bits per heavy atom. The van der Waals surface area contributed by atoms with Gasteiger partial charge in [-0.1, -0.05) is 18.2 Å². The van der Waals surface area contributed by atoms with Gasteiger partial charge in [-0.2, -0.15) is 5.10 Å². The first-order valence-electron chi connectivity index (χ1n) is 13.0. The summed E-state index contributed by atoms with van der Waals surface area (Å²) in [6.45, 7) is 8.14. The quantitative estimate of drug-likeness (QED) is 0.629. The van der Waals surface area contributed by atoms with E-state index in [0.717, 1.165) is 62.7 Å². The van der Waals surface area contributed by atoms with Crippen molar-refractivity contribution in [3.8, 4) is 11.3 Å². The summed E-state index contributed by atoms with van der Waals surface area (Å²) in [6.07, 6.45) is 1.74. The summed E-state index contributed by atoms with van der Waals surface area (Å²) in [6, 6.07) is 8.76. The lowest BCUT2D eigenvalue weighted by Gasteiger charge is -2.30. The van der Waals surface area contributed by atoms with Crippen LogP contribution in [0.5, 0.6) is 0 Å². The van der Waals surface area contributed by atoms with Crippen molar-refractivity contribution in [3.63, 3.8) is 0 Å². The standard InChI is InChI=1S/C26H34FN5O2S/c27-19-5-8-29(9-6-19)11-12-30-10-7-20(17-30)32-25-21-3-1-2-4-23(21)35-18-22(25)24(28-32)26(33)31-13-15-34-16-14-31/h1-4,19-20H,5-18H2. The lowest BCUT2D eigenvalue weighted by atomic mass is 10.0. The molecule has 188 valence electrons. The van der Waals surface area contributed by atoms with Crippen molar-refractivity contribution in [2.75, 3.05) is 65.6 Å². The van der Waals surface area contributed by atoms with E-state index in [1.165, 1.54) is 10.5 Å². The number of rotatable bonds is 5. The van der Waals surface area contributed by atoms with E-state index in [1.807, 2.05) is 4.90 Å². The van der Waals surface area contributed by atoms with Crippen molar-refractivity contribution in [2.45, 2.75) is 42.1 Å². The van der Waals surface area contributed by atoms with Crippen molar-refractivity contribution in [3.05, 3.63) is 35.5 Å². The molecule has 1 amide bonds. The maximum Gasteiger partial charge on any atom is 0.274 e. The molecule has 3 saturated heterocycles. The number of piperidine rings is 1. The second kappa shape index (κ2) is 10.2. The molecule has 7 nitrogen and oxygen atoms in total. The van der Waals surface area contributed by atoms with Crippen LogP contribution in [0.15, 0.2) is 29.2 Å². The van der Waals surface area contributed by atoms with Crippen LogP contribution in [-0.4, -0.2) is 102 Å². The van der Waals surface area contributed by atoms with Crippen molar-refractivity contribution >= 4 is 17.7 Å². The molecule has 0 spiro atoms. The fraction of sp³-hybridized carbons (Fsp3) is 0.615. The Hall–Kier alpha value is -1.94. The average Bonchev–Trinajstić information content (AvgIpc) is 3.53. The molecule has 0 aliphatic carbocycles. The summed E-state index contributed by atoms with van der Waals surface area (Å²) < 4.78 is 21.1. The highest BCUT2D eigenvalue weighted by Crippen LogP contribution is 2.44. The number of aromatic nitrogens is 2. The summed E-state index contributed by atoms with van der Waals surface area (Å²) in [5.74, 6) is 0.813. The van der Waals surface area contributed by atoms with Crippen LogP contribution in [0.4, 0.5) is 4.39 Å². The lowest BCUT2D eigenvalue weighted by molar-refractivity contribution is 0.0297. The number of carbonyl (C=O) groups excluding carboxylic acids is 1. The highest BCUT2D eigenvalue weighted by molar-refractivity contribution is 7.98. The summed E-state index contributed by atoms with van der Waals surface area (Å²) in [5, 5.41) is 5.03. The molecule has 1 aromatic heterocycles. The van der Waals surface area contributed by atoms with Crippen molar-refractivity contribution < 1.29 is 13.9 Å². The van der Waals surface area contributed by atoms with Crippen LogP contribution in [0.25, 0.3) is 11.3 Å².